The van der Waals surface area contributed by atoms with Gasteiger partial charge >= 0.3 is 5.97 Å². The molecule has 0 saturated heterocycles. The molecule has 0 radical (unpaired) electrons. The lowest BCUT2D eigenvalue weighted by molar-refractivity contribution is -0.141. The van der Waals surface area contributed by atoms with E-state index < -0.39 is 5.97 Å². The van der Waals surface area contributed by atoms with Crippen molar-refractivity contribution in [2.45, 2.75) is 13.8 Å². The second-order valence-corrected chi connectivity index (χ2v) is 5.64. The van der Waals surface area contributed by atoms with E-state index in [1.807, 2.05) is 6.92 Å². The predicted molar refractivity (Wildman–Crippen MR) is 65.7 cm³/mol. The molecule has 0 fully saturated rings. The first-order valence-electron chi connectivity index (χ1n) is 4.74. The molecule has 0 atom stereocenters. The number of aryl methyl sites for hydroxylation is 1. The van der Waals surface area contributed by atoms with E-state index in [4.69, 9.17) is 4.74 Å². The topological polar surface area (TPSA) is 55.4 Å². The van der Waals surface area contributed by atoms with Gasteiger partial charge in [-0.3, -0.25) is 9.59 Å². The van der Waals surface area contributed by atoms with Gasteiger partial charge in [0.05, 0.1) is 16.0 Å². The maximum Gasteiger partial charge on any atom is 0.325 e. The van der Waals surface area contributed by atoms with E-state index in [-0.39, 0.29) is 12.5 Å². The molecule has 0 aliphatic heterocycles. The van der Waals surface area contributed by atoms with Gasteiger partial charge in [-0.25, -0.2) is 0 Å². The summed E-state index contributed by atoms with van der Waals surface area (Å²) >= 11 is 4.78. The average Bonchev–Trinajstić information content (AvgIpc) is 2.55. The summed E-state index contributed by atoms with van der Waals surface area (Å²) in [4.78, 5) is 23.6. The maximum atomic E-state index is 11.7. The van der Waals surface area contributed by atoms with Crippen LogP contribution < -0.4 is 5.32 Å². The van der Waals surface area contributed by atoms with Crippen molar-refractivity contribution in [2.24, 2.45) is 0 Å². The number of ether oxygens (including phenoxy) is 1. The van der Waals surface area contributed by atoms with Gasteiger partial charge < -0.3 is 10.1 Å². The molecule has 88 valence electrons. The summed E-state index contributed by atoms with van der Waals surface area (Å²) in [5.74, 6) is -0.685. The van der Waals surface area contributed by atoms with Crippen LogP contribution in [0, 0.1) is 6.92 Å². The quantitative estimate of drug-likeness (QED) is 0.867. The van der Waals surface area contributed by atoms with E-state index in [9.17, 15) is 9.59 Å². The molecule has 0 bridgehead atoms. The fourth-order valence-electron chi connectivity index (χ4n) is 1.13. The molecule has 1 amide bonds. The Labute approximate surface area is 106 Å². The van der Waals surface area contributed by atoms with Crippen molar-refractivity contribution in [3.05, 3.63) is 20.3 Å². The zero-order valence-electron chi connectivity index (χ0n) is 9.00. The predicted octanol–water partition coefficient (Wildman–Crippen LogP) is 2.11. The van der Waals surface area contributed by atoms with E-state index in [1.165, 1.54) is 11.3 Å². The number of hydrogen-bond acceptors (Lipinski definition) is 4. The molecule has 0 aliphatic carbocycles. The maximum absolute atomic E-state index is 11.7. The molecule has 0 unspecified atom stereocenters. The van der Waals surface area contributed by atoms with Gasteiger partial charge in [-0.1, -0.05) is 0 Å². The van der Waals surface area contributed by atoms with E-state index >= 15 is 0 Å². The number of carbonyl (C=O) groups is 2. The number of rotatable bonds is 4. The van der Waals surface area contributed by atoms with Crippen LogP contribution in [0.15, 0.2) is 9.85 Å². The van der Waals surface area contributed by atoms with E-state index in [1.54, 1.807) is 13.0 Å². The van der Waals surface area contributed by atoms with Crippen molar-refractivity contribution in [1.82, 2.24) is 5.32 Å². The number of amides is 1. The number of hydrogen-bond donors (Lipinski definition) is 1. The monoisotopic (exact) mass is 305 g/mol. The second kappa shape index (κ2) is 6.00. The highest BCUT2D eigenvalue weighted by molar-refractivity contribution is 9.11. The van der Waals surface area contributed by atoms with Gasteiger partial charge in [0.1, 0.15) is 6.54 Å². The lowest BCUT2D eigenvalue weighted by Crippen LogP contribution is -2.30. The van der Waals surface area contributed by atoms with Gasteiger partial charge in [0.2, 0.25) is 0 Å². The van der Waals surface area contributed by atoms with E-state index in [0.717, 1.165) is 8.66 Å². The summed E-state index contributed by atoms with van der Waals surface area (Å²) < 4.78 is 5.60. The Balaban J connectivity index is 2.53. The molecule has 0 saturated carbocycles. The molecule has 1 rings (SSSR count). The largest absolute Gasteiger partial charge is 0.465 e. The summed E-state index contributed by atoms with van der Waals surface area (Å²) in [5, 5.41) is 2.51. The molecule has 1 heterocycles. The van der Waals surface area contributed by atoms with Crippen molar-refractivity contribution < 1.29 is 14.3 Å². The number of thiophene rings is 1. The molecule has 0 spiro atoms. The molecule has 1 aromatic rings. The Morgan fingerprint density at radius 1 is 1.56 bits per heavy atom. The molecule has 16 heavy (non-hydrogen) atoms. The van der Waals surface area contributed by atoms with Crippen LogP contribution in [0.5, 0.6) is 0 Å². The SMILES string of the molecule is CCOC(=O)CNC(=O)c1cc(Br)sc1C. The molecule has 1 aromatic heterocycles. The fraction of sp³-hybridized carbons (Fsp3) is 0.400. The first-order valence-corrected chi connectivity index (χ1v) is 6.35. The van der Waals surface area contributed by atoms with Crippen molar-refractivity contribution >= 4 is 39.1 Å². The summed E-state index contributed by atoms with van der Waals surface area (Å²) in [6.45, 7) is 3.80. The normalized spacial score (nSPS) is 9.94. The van der Waals surface area contributed by atoms with Crippen molar-refractivity contribution in [1.29, 1.82) is 0 Å². The van der Waals surface area contributed by atoms with Crippen molar-refractivity contribution in [2.75, 3.05) is 13.2 Å². The summed E-state index contributed by atoms with van der Waals surface area (Å²) in [6, 6.07) is 1.74. The molecular formula is C10H12BrNO3S. The van der Waals surface area contributed by atoms with Gasteiger partial charge in [0.25, 0.3) is 5.91 Å². The van der Waals surface area contributed by atoms with Crippen LogP contribution in [0.1, 0.15) is 22.2 Å². The Bertz CT molecular complexity index is 403. The molecule has 4 nitrogen and oxygen atoms in total. The number of halogens is 1. The van der Waals surface area contributed by atoms with E-state index in [2.05, 4.69) is 21.2 Å². The van der Waals surface area contributed by atoms with Gasteiger partial charge in [-0.15, -0.1) is 11.3 Å². The molecule has 0 aliphatic rings. The van der Waals surface area contributed by atoms with Gasteiger partial charge in [-0.05, 0) is 35.8 Å². The highest BCUT2D eigenvalue weighted by atomic mass is 79.9. The minimum Gasteiger partial charge on any atom is -0.465 e. The van der Waals surface area contributed by atoms with Crippen LogP contribution in [-0.4, -0.2) is 25.0 Å². The zero-order chi connectivity index (χ0) is 12.1. The molecule has 6 heteroatoms. The van der Waals surface area contributed by atoms with Crippen molar-refractivity contribution in [3.63, 3.8) is 0 Å². The minimum atomic E-state index is -0.428. The smallest absolute Gasteiger partial charge is 0.325 e. The van der Waals surface area contributed by atoms with Gasteiger partial charge in [-0.2, -0.15) is 0 Å². The lowest BCUT2D eigenvalue weighted by atomic mass is 10.2. The summed E-state index contributed by atoms with van der Waals surface area (Å²) in [7, 11) is 0. The Morgan fingerprint density at radius 3 is 2.75 bits per heavy atom. The standard InChI is InChI=1S/C10H12BrNO3S/c1-3-15-9(13)5-12-10(14)7-4-8(11)16-6(7)2/h4H,3,5H2,1-2H3,(H,12,14). The Morgan fingerprint density at radius 2 is 2.25 bits per heavy atom. The average molecular weight is 306 g/mol. The molecule has 0 aromatic carbocycles. The van der Waals surface area contributed by atoms with Crippen LogP contribution in [0.25, 0.3) is 0 Å². The summed E-state index contributed by atoms with van der Waals surface area (Å²) in [6.07, 6.45) is 0. The summed E-state index contributed by atoms with van der Waals surface area (Å²) in [5.41, 5.74) is 0.584. The van der Waals surface area contributed by atoms with E-state index in [0.29, 0.717) is 12.2 Å². The first-order chi connectivity index (χ1) is 7.54. The van der Waals surface area contributed by atoms with Crippen LogP contribution in [0.4, 0.5) is 0 Å². The highest BCUT2D eigenvalue weighted by Gasteiger charge is 2.13. The number of esters is 1. The first kappa shape index (κ1) is 13.2. The number of nitrogens with one attached hydrogen (secondary N) is 1. The second-order valence-electron chi connectivity index (χ2n) is 3.01. The van der Waals surface area contributed by atoms with Crippen LogP contribution in [-0.2, 0) is 9.53 Å². The molecule has 1 N–H and O–H groups in total. The van der Waals surface area contributed by atoms with Crippen LogP contribution in [0.2, 0.25) is 0 Å². The fourth-order valence-corrected chi connectivity index (χ4v) is 2.82. The molecular weight excluding hydrogens is 294 g/mol. The zero-order valence-corrected chi connectivity index (χ0v) is 11.4. The highest BCUT2D eigenvalue weighted by Crippen LogP contribution is 2.26. The van der Waals surface area contributed by atoms with Gasteiger partial charge in [0, 0.05) is 4.88 Å². The third kappa shape index (κ3) is 3.61. The van der Waals surface area contributed by atoms with Crippen LogP contribution in [0.3, 0.4) is 0 Å². The van der Waals surface area contributed by atoms with Crippen molar-refractivity contribution in [3.8, 4) is 0 Å². The van der Waals surface area contributed by atoms with Crippen LogP contribution >= 0.6 is 27.3 Å². The minimum absolute atomic E-state index is 0.0976. The third-order valence-corrected chi connectivity index (χ3v) is 3.38. The lowest BCUT2D eigenvalue weighted by Gasteiger charge is -2.04. The Kier molecular flexibility index (Phi) is 4.95. The Hall–Kier alpha value is -0.880. The number of carbonyl (C=O) groups excluding carboxylic acids is 2. The van der Waals surface area contributed by atoms with Gasteiger partial charge in [0.15, 0.2) is 0 Å². The third-order valence-electron chi connectivity index (χ3n) is 1.83.